The molecule has 0 amide bonds. The van der Waals surface area contributed by atoms with E-state index in [4.69, 9.17) is 0 Å². The summed E-state index contributed by atoms with van der Waals surface area (Å²) < 4.78 is 25.2. The standard InChI is InChI=1S/C17H18O2S/c1-12-7-9-14(10-8-12)20(18,19)17-11-16(17)15-6-4-3-5-13(15)2/h3-10,16-17H,11H2,1-2H3/t16-,17+/m0/s1. The van der Waals surface area contributed by atoms with E-state index in [1.54, 1.807) is 12.1 Å². The maximum Gasteiger partial charge on any atom is 0.181 e. The van der Waals surface area contributed by atoms with Crippen molar-refractivity contribution in [1.82, 2.24) is 0 Å². The topological polar surface area (TPSA) is 34.1 Å². The van der Waals surface area contributed by atoms with Crippen molar-refractivity contribution in [2.45, 2.75) is 36.3 Å². The first kappa shape index (κ1) is 13.4. The lowest BCUT2D eigenvalue weighted by Crippen LogP contribution is -2.09. The largest absolute Gasteiger partial charge is 0.223 e. The van der Waals surface area contributed by atoms with Gasteiger partial charge in [-0.2, -0.15) is 0 Å². The van der Waals surface area contributed by atoms with E-state index in [2.05, 4.69) is 0 Å². The number of hydrogen-bond acceptors (Lipinski definition) is 2. The van der Waals surface area contributed by atoms with Crippen LogP contribution in [0.2, 0.25) is 0 Å². The van der Waals surface area contributed by atoms with Crippen molar-refractivity contribution in [3.8, 4) is 0 Å². The highest BCUT2D eigenvalue weighted by Gasteiger charge is 2.48. The average molecular weight is 286 g/mol. The molecule has 0 saturated heterocycles. The predicted octanol–water partition coefficient (Wildman–Crippen LogP) is 3.63. The summed E-state index contributed by atoms with van der Waals surface area (Å²) in [6.07, 6.45) is 0.737. The number of hydrogen-bond donors (Lipinski definition) is 0. The van der Waals surface area contributed by atoms with Crippen molar-refractivity contribution in [3.05, 3.63) is 65.2 Å². The van der Waals surface area contributed by atoms with Gasteiger partial charge in [-0.3, -0.25) is 0 Å². The molecule has 1 fully saturated rings. The zero-order valence-electron chi connectivity index (χ0n) is 11.7. The number of benzene rings is 2. The molecule has 3 heteroatoms. The molecule has 1 saturated carbocycles. The van der Waals surface area contributed by atoms with Gasteiger partial charge in [0.2, 0.25) is 0 Å². The van der Waals surface area contributed by atoms with Gasteiger partial charge in [-0.15, -0.1) is 0 Å². The second-order valence-electron chi connectivity index (χ2n) is 5.60. The van der Waals surface area contributed by atoms with Crippen LogP contribution in [0.1, 0.15) is 29.0 Å². The smallest absolute Gasteiger partial charge is 0.181 e. The lowest BCUT2D eigenvalue weighted by molar-refractivity contribution is 0.594. The molecule has 0 unspecified atom stereocenters. The Bertz CT molecular complexity index is 730. The predicted molar refractivity (Wildman–Crippen MR) is 80.7 cm³/mol. The number of sulfone groups is 1. The van der Waals surface area contributed by atoms with E-state index < -0.39 is 9.84 Å². The lowest BCUT2D eigenvalue weighted by atomic mass is 10.1. The highest BCUT2D eigenvalue weighted by molar-refractivity contribution is 7.92. The average Bonchev–Trinajstić information content (AvgIpc) is 3.20. The summed E-state index contributed by atoms with van der Waals surface area (Å²) in [5.41, 5.74) is 3.43. The molecule has 1 aliphatic rings. The second kappa shape index (κ2) is 4.74. The minimum Gasteiger partial charge on any atom is -0.223 e. The molecule has 2 aromatic rings. The summed E-state index contributed by atoms with van der Waals surface area (Å²) in [5, 5.41) is -0.258. The Morgan fingerprint density at radius 2 is 1.60 bits per heavy atom. The molecule has 3 rings (SSSR count). The Morgan fingerprint density at radius 3 is 2.25 bits per heavy atom. The molecule has 2 aromatic carbocycles. The molecular formula is C17H18O2S. The Morgan fingerprint density at radius 1 is 0.950 bits per heavy atom. The van der Waals surface area contributed by atoms with Gasteiger partial charge < -0.3 is 0 Å². The zero-order chi connectivity index (χ0) is 14.3. The van der Waals surface area contributed by atoms with Gasteiger partial charge in [0.15, 0.2) is 9.84 Å². The van der Waals surface area contributed by atoms with Crippen LogP contribution < -0.4 is 0 Å². The molecule has 0 aromatic heterocycles. The zero-order valence-corrected chi connectivity index (χ0v) is 12.5. The molecule has 0 bridgehead atoms. The first-order valence-electron chi connectivity index (χ1n) is 6.86. The maximum atomic E-state index is 12.6. The van der Waals surface area contributed by atoms with Gasteiger partial charge >= 0.3 is 0 Å². The van der Waals surface area contributed by atoms with Crippen molar-refractivity contribution < 1.29 is 8.42 Å². The van der Waals surface area contributed by atoms with Gasteiger partial charge in [0.05, 0.1) is 10.1 Å². The van der Waals surface area contributed by atoms with Crippen LogP contribution in [0, 0.1) is 13.8 Å². The van der Waals surface area contributed by atoms with Gasteiger partial charge in [0.1, 0.15) is 0 Å². The van der Waals surface area contributed by atoms with E-state index in [0.717, 1.165) is 12.0 Å². The molecule has 0 aliphatic heterocycles. The monoisotopic (exact) mass is 286 g/mol. The van der Waals surface area contributed by atoms with Gasteiger partial charge in [-0.25, -0.2) is 8.42 Å². The molecule has 0 spiro atoms. The van der Waals surface area contributed by atoms with Crippen LogP contribution in [0.5, 0.6) is 0 Å². The van der Waals surface area contributed by atoms with Crippen LogP contribution in [0.25, 0.3) is 0 Å². The molecular weight excluding hydrogens is 268 g/mol. The van der Waals surface area contributed by atoms with Crippen molar-refractivity contribution in [2.24, 2.45) is 0 Å². The first-order valence-corrected chi connectivity index (χ1v) is 8.41. The van der Waals surface area contributed by atoms with Gasteiger partial charge in [0, 0.05) is 5.92 Å². The van der Waals surface area contributed by atoms with E-state index in [1.165, 1.54) is 11.1 Å². The molecule has 1 aliphatic carbocycles. The third-order valence-corrected chi connectivity index (χ3v) is 6.32. The minimum atomic E-state index is -3.20. The van der Waals surface area contributed by atoms with E-state index in [0.29, 0.717) is 4.90 Å². The normalized spacial score (nSPS) is 21.7. The van der Waals surface area contributed by atoms with Crippen molar-refractivity contribution in [1.29, 1.82) is 0 Å². The van der Waals surface area contributed by atoms with E-state index in [-0.39, 0.29) is 11.2 Å². The van der Waals surface area contributed by atoms with Crippen LogP contribution in [-0.4, -0.2) is 13.7 Å². The Hall–Kier alpha value is -1.61. The highest BCUT2D eigenvalue weighted by Crippen LogP contribution is 2.48. The van der Waals surface area contributed by atoms with Crippen molar-refractivity contribution >= 4 is 9.84 Å². The van der Waals surface area contributed by atoms with Crippen LogP contribution >= 0.6 is 0 Å². The van der Waals surface area contributed by atoms with E-state index >= 15 is 0 Å². The number of rotatable bonds is 3. The highest BCUT2D eigenvalue weighted by atomic mass is 32.2. The Balaban J connectivity index is 1.89. The molecule has 0 N–H and O–H groups in total. The summed E-state index contributed by atoms with van der Waals surface area (Å²) in [6.45, 7) is 4.01. The first-order chi connectivity index (χ1) is 9.50. The minimum absolute atomic E-state index is 0.155. The molecule has 20 heavy (non-hydrogen) atoms. The van der Waals surface area contributed by atoms with Crippen molar-refractivity contribution in [3.63, 3.8) is 0 Å². The molecule has 2 atom stereocenters. The third kappa shape index (κ3) is 2.27. The third-order valence-electron chi connectivity index (χ3n) is 4.07. The molecule has 2 nitrogen and oxygen atoms in total. The quantitative estimate of drug-likeness (QED) is 0.863. The van der Waals surface area contributed by atoms with Gasteiger partial charge in [0.25, 0.3) is 0 Å². The fourth-order valence-corrected chi connectivity index (χ4v) is 4.65. The van der Waals surface area contributed by atoms with Gasteiger partial charge in [-0.05, 0) is 43.5 Å². The van der Waals surface area contributed by atoms with Crippen LogP contribution in [0.3, 0.4) is 0 Å². The number of aryl methyl sites for hydroxylation is 2. The van der Waals surface area contributed by atoms with Crippen LogP contribution in [-0.2, 0) is 9.84 Å². The van der Waals surface area contributed by atoms with Crippen LogP contribution in [0.15, 0.2) is 53.4 Å². The molecule has 0 radical (unpaired) electrons. The SMILES string of the molecule is Cc1ccc(S(=O)(=O)[C@@H]2C[C@H]2c2ccccc2C)cc1. The van der Waals surface area contributed by atoms with Crippen molar-refractivity contribution in [2.75, 3.05) is 0 Å². The lowest BCUT2D eigenvalue weighted by Gasteiger charge is -2.06. The molecule has 0 heterocycles. The van der Waals surface area contributed by atoms with Gasteiger partial charge in [-0.1, -0.05) is 42.0 Å². The Labute approximate surface area is 120 Å². The summed E-state index contributed by atoms with van der Waals surface area (Å²) >= 11 is 0. The van der Waals surface area contributed by atoms with Crippen LogP contribution in [0.4, 0.5) is 0 Å². The fourth-order valence-electron chi connectivity index (χ4n) is 2.75. The molecule has 104 valence electrons. The maximum absolute atomic E-state index is 12.6. The second-order valence-corrected chi connectivity index (χ2v) is 7.76. The summed E-state index contributed by atoms with van der Waals surface area (Å²) in [7, 11) is -3.20. The van der Waals surface area contributed by atoms with E-state index in [9.17, 15) is 8.42 Å². The summed E-state index contributed by atoms with van der Waals surface area (Å²) in [5.74, 6) is 0.155. The van der Waals surface area contributed by atoms with E-state index in [1.807, 2.05) is 50.2 Å². The fraction of sp³-hybridized carbons (Fsp3) is 0.294. The summed E-state index contributed by atoms with van der Waals surface area (Å²) in [6, 6.07) is 15.2. The Kier molecular flexibility index (Phi) is 3.17. The summed E-state index contributed by atoms with van der Waals surface area (Å²) in [4.78, 5) is 0.448.